The highest BCUT2D eigenvalue weighted by Gasteiger charge is 2.13. The molecule has 3 aromatic carbocycles. The lowest BCUT2D eigenvalue weighted by molar-refractivity contribution is -0.384. The Morgan fingerprint density at radius 2 is 1.75 bits per heavy atom. The summed E-state index contributed by atoms with van der Waals surface area (Å²) in [6, 6.07) is 21.2. The molecule has 0 spiro atoms. The van der Waals surface area contributed by atoms with Gasteiger partial charge in [-0.1, -0.05) is 12.1 Å². The van der Waals surface area contributed by atoms with Gasteiger partial charge >= 0.3 is 0 Å². The number of nitriles is 2. The van der Waals surface area contributed by atoms with Crippen molar-refractivity contribution in [2.75, 3.05) is 5.32 Å². The van der Waals surface area contributed by atoms with Gasteiger partial charge < -0.3 is 10.1 Å². The number of halogens is 1. The van der Waals surface area contributed by atoms with Crippen molar-refractivity contribution in [3.63, 3.8) is 0 Å². The predicted octanol–water partition coefficient (Wildman–Crippen LogP) is 5.41. The molecule has 3 rings (SSSR count). The van der Waals surface area contributed by atoms with E-state index in [4.69, 9.17) is 4.74 Å². The van der Waals surface area contributed by atoms with Crippen LogP contribution in [0.5, 0.6) is 11.5 Å². The van der Waals surface area contributed by atoms with E-state index in [1.165, 1.54) is 18.2 Å². The number of carbonyl (C=O) groups is 1. The number of anilines is 1. The fourth-order valence-corrected chi connectivity index (χ4v) is 2.97. The molecule has 1 N–H and O–H groups in total. The van der Waals surface area contributed by atoms with Gasteiger partial charge in [0.2, 0.25) is 0 Å². The van der Waals surface area contributed by atoms with Crippen LogP contribution in [0.3, 0.4) is 0 Å². The number of benzene rings is 3. The predicted molar refractivity (Wildman–Crippen MR) is 126 cm³/mol. The first kappa shape index (κ1) is 22.5. The number of carbonyl (C=O) groups excluding carboxylic acids is 1. The number of nitro groups is 1. The molecular weight excluding hydrogens is 523 g/mol. The number of rotatable bonds is 6. The molecule has 8 nitrogen and oxygen atoms in total. The molecule has 0 heterocycles. The topological polar surface area (TPSA) is 129 Å². The molecule has 0 aliphatic heterocycles. The minimum atomic E-state index is -0.590. The first-order valence-electron chi connectivity index (χ1n) is 9.05. The van der Waals surface area contributed by atoms with E-state index >= 15 is 0 Å². The molecule has 0 fully saturated rings. The third-order valence-corrected chi connectivity index (χ3v) is 4.90. The van der Waals surface area contributed by atoms with Gasteiger partial charge in [-0.2, -0.15) is 10.5 Å². The molecule has 0 bridgehead atoms. The lowest BCUT2D eigenvalue weighted by Crippen LogP contribution is -2.13. The van der Waals surface area contributed by atoms with E-state index in [0.717, 1.165) is 9.64 Å². The van der Waals surface area contributed by atoms with Crippen LogP contribution < -0.4 is 10.1 Å². The number of hydrogen-bond acceptors (Lipinski definition) is 6. The molecule has 3 aromatic rings. The monoisotopic (exact) mass is 536 g/mol. The van der Waals surface area contributed by atoms with Crippen LogP contribution in [-0.4, -0.2) is 10.8 Å². The van der Waals surface area contributed by atoms with Gasteiger partial charge in [0.1, 0.15) is 34.8 Å². The zero-order chi connectivity index (χ0) is 23.1. The molecule has 0 radical (unpaired) electrons. The van der Waals surface area contributed by atoms with Gasteiger partial charge in [0.05, 0.1) is 4.92 Å². The normalized spacial score (nSPS) is 10.5. The lowest BCUT2D eigenvalue weighted by atomic mass is 10.1. The molecule has 1 amide bonds. The second kappa shape index (κ2) is 10.2. The first-order valence-corrected chi connectivity index (χ1v) is 10.1. The largest absolute Gasteiger partial charge is 0.456 e. The Kier molecular flexibility index (Phi) is 7.16. The maximum absolute atomic E-state index is 12.4. The summed E-state index contributed by atoms with van der Waals surface area (Å²) in [7, 11) is 0. The quantitative estimate of drug-likeness (QED) is 0.148. The van der Waals surface area contributed by atoms with Crippen LogP contribution in [-0.2, 0) is 4.79 Å². The van der Waals surface area contributed by atoms with Crippen molar-refractivity contribution in [1.29, 1.82) is 10.5 Å². The molecule has 0 aromatic heterocycles. The van der Waals surface area contributed by atoms with Crippen molar-refractivity contribution in [2.24, 2.45) is 0 Å². The highest BCUT2D eigenvalue weighted by molar-refractivity contribution is 14.1. The van der Waals surface area contributed by atoms with E-state index in [1.54, 1.807) is 36.4 Å². The minimum Gasteiger partial charge on any atom is -0.456 e. The van der Waals surface area contributed by atoms with Gasteiger partial charge in [0.15, 0.2) is 0 Å². The molecule has 0 aliphatic rings. The molecule has 0 unspecified atom stereocenters. The summed E-state index contributed by atoms with van der Waals surface area (Å²) in [5, 5.41) is 32.1. The van der Waals surface area contributed by atoms with Crippen LogP contribution in [0.1, 0.15) is 11.1 Å². The van der Waals surface area contributed by atoms with Gasteiger partial charge in [-0.25, -0.2) is 0 Å². The Bertz CT molecular complexity index is 1290. The SMILES string of the molecule is N#C/C(=C\c1ccc(Oc2ccc([N+](=O)[O-])cc2C#N)cc1)C(=O)Nc1ccc(I)cc1. The van der Waals surface area contributed by atoms with Crippen molar-refractivity contribution < 1.29 is 14.5 Å². The van der Waals surface area contributed by atoms with E-state index < -0.39 is 10.8 Å². The summed E-state index contributed by atoms with van der Waals surface area (Å²) in [6.07, 6.45) is 1.44. The van der Waals surface area contributed by atoms with E-state index in [9.17, 15) is 25.4 Å². The van der Waals surface area contributed by atoms with E-state index in [0.29, 0.717) is 17.0 Å². The molecular formula is C23H13IN4O4. The summed E-state index contributed by atoms with van der Waals surface area (Å²) in [4.78, 5) is 22.6. The van der Waals surface area contributed by atoms with E-state index in [2.05, 4.69) is 27.9 Å². The molecule has 0 saturated carbocycles. The fraction of sp³-hybridized carbons (Fsp3) is 0. The van der Waals surface area contributed by atoms with Crippen LogP contribution in [0.2, 0.25) is 0 Å². The van der Waals surface area contributed by atoms with Crippen LogP contribution in [0, 0.1) is 36.3 Å². The Balaban J connectivity index is 1.74. The molecule has 156 valence electrons. The number of hydrogen-bond donors (Lipinski definition) is 1. The zero-order valence-electron chi connectivity index (χ0n) is 16.3. The second-order valence-electron chi connectivity index (χ2n) is 6.35. The average molecular weight is 536 g/mol. The molecule has 0 saturated heterocycles. The van der Waals surface area contributed by atoms with Crippen LogP contribution in [0.25, 0.3) is 6.08 Å². The Labute approximate surface area is 196 Å². The standard InChI is InChI=1S/C23H13IN4O4/c24-18-3-5-19(6-4-18)27-23(29)17(14-26)11-15-1-8-21(9-2-15)32-22-10-7-20(28(30)31)12-16(22)13-25/h1-12H,(H,27,29)/b17-11+. The molecule has 9 heteroatoms. The van der Waals surface area contributed by atoms with Gasteiger partial charge in [-0.3, -0.25) is 14.9 Å². The van der Waals surface area contributed by atoms with Crippen LogP contribution >= 0.6 is 22.6 Å². The zero-order valence-corrected chi connectivity index (χ0v) is 18.4. The second-order valence-corrected chi connectivity index (χ2v) is 7.60. The Morgan fingerprint density at radius 1 is 1.06 bits per heavy atom. The highest BCUT2D eigenvalue weighted by atomic mass is 127. The van der Waals surface area contributed by atoms with E-state index in [-0.39, 0.29) is 22.6 Å². The maximum atomic E-state index is 12.4. The first-order chi connectivity index (χ1) is 15.4. The Hall–Kier alpha value is -4.22. The van der Waals surface area contributed by atoms with Crippen molar-refractivity contribution in [3.8, 4) is 23.6 Å². The third-order valence-electron chi connectivity index (χ3n) is 4.18. The average Bonchev–Trinajstić information content (AvgIpc) is 2.80. The summed E-state index contributed by atoms with van der Waals surface area (Å²) in [5.41, 5.74) is 0.927. The van der Waals surface area contributed by atoms with Gasteiger partial charge in [0.25, 0.3) is 11.6 Å². The van der Waals surface area contributed by atoms with Crippen molar-refractivity contribution in [1.82, 2.24) is 0 Å². The number of non-ortho nitro benzene ring substituents is 1. The number of nitro benzene ring substituents is 1. The molecule has 32 heavy (non-hydrogen) atoms. The Morgan fingerprint density at radius 3 is 2.34 bits per heavy atom. The fourth-order valence-electron chi connectivity index (χ4n) is 2.61. The van der Waals surface area contributed by atoms with E-state index in [1.807, 2.05) is 24.3 Å². The third kappa shape index (κ3) is 5.68. The number of nitrogens with zero attached hydrogens (tertiary/aromatic N) is 3. The number of amides is 1. The van der Waals surface area contributed by atoms with Crippen molar-refractivity contribution in [3.05, 3.63) is 97.1 Å². The number of ether oxygens (including phenoxy) is 1. The summed E-state index contributed by atoms with van der Waals surface area (Å²) in [6.45, 7) is 0. The van der Waals surface area contributed by atoms with Crippen LogP contribution in [0.15, 0.2) is 72.3 Å². The highest BCUT2D eigenvalue weighted by Crippen LogP contribution is 2.28. The number of nitrogens with one attached hydrogen (secondary N) is 1. The van der Waals surface area contributed by atoms with Crippen LogP contribution in [0.4, 0.5) is 11.4 Å². The molecule has 0 atom stereocenters. The van der Waals surface area contributed by atoms with Crippen molar-refractivity contribution >= 4 is 45.9 Å². The smallest absolute Gasteiger partial charge is 0.271 e. The van der Waals surface area contributed by atoms with Gasteiger partial charge in [0, 0.05) is 21.4 Å². The molecule has 0 aliphatic carbocycles. The summed E-state index contributed by atoms with van der Waals surface area (Å²) >= 11 is 2.15. The minimum absolute atomic E-state index is 0.0298. The summed E-state index contributed by atoms with van der Waals surface area (Å²) in [5.74, 6) is 0.0314. The van der Waals surface area contributed by atoms with Crippen molar-refractivity contribution in [2.45, 2.75) is 0 Å². The lowest BCUT2D eigenvalue weighted by Gasteiger charge is -2.08. The maximum Gasteiger partial charge on any atom is 0.271 e. The summed E-state index contributed by atoms with van der Waals surface area (Å²) < 4.78 is 6.67. The van der Waals surface area contributed by atoms with Gasteiger partial charge in [-0.05, 0) is 76.7 Å². The van der Waals surface area contributed by atoms with Gasteiger partial charge in [-0.15, -0.1) is 0 Å².